The zero-order chi connectivity index (χ0) is 21.3. The number of fused-ring (bicyclic) bond motifs is 1. The van der Waals surface area contributed by atoms with Crippen molar-refractivity contribution in [3.05, 3.63) is 70.8 Å². The number of amides is 1. The van der Waals surface area contributed by atoms with Crippen molar-refractivity contribution >= 4 is 23.2 Å². The number of anilines is 3. The van der Waals surface area contributed by atoms with Crippen LogP contribution in [0, 0.1) is 6.92 Å². The molecule has 3 aromatic rings. The van der Waals surface area contributed by atoms with Gasteiger partial charge in [0.05, 0.1) is 5.69 Å². The number of nitrogens with zero attached hydrogens (tertiary/aromatic N) is 4. The molecule has 0 spiro atoms. The highest BCUT2D eigenvalue weighted by atomic mass is 16.1. The van der Waals surface area contributed by atoms with Gasteiger partial charge in [-0.15, -0.1) is 0 Å². The van der Waals surface area contributed by atoms with Crippen LogP contribution in [-0.2, 0) is 13.0 Å². The Kier molecular flexibility index (Phi) is 5.35. The summed E-state index contributed by atoms with van der Waals surface area (Å²) in [6, 6.07) is 9.78. The summed E-state index contributed by atoms with van der Waals surface area (Å²) in [5.74, 6) is 0.487. The number of aryl methyl sites for hydroxylation is 1. The molecule has 154 valence electrons. The van der Waals surface area contributed by atoms with E-state index in [1.165, 1.54) is 5.56 Å². The van der Waals surface area contributed by atoms with Gasteiger partial charge >= 0.3 is 0 Å². The largest absolute Gasteiger partial charge is 0.368 e. The molecule has 0 saturated heterocycles. The molecule has 3 N–H and O–H groups in total. The van der Waals surface area contributed by atoms with Crippen LogP contribution >= 0.6 is 0 Å². The van der Waals surface area contributed by atoms with Crippen molar-refractivity contribution in [2.24, 2.45) is 0 Å². The molecule has 0 radical (unpaired) electrons. The average Bonchev–Trinajstić information content (AvgIpc) is 2.74. The molecule has 7 heteroatoms. The van der Waals surface area contributed by atoms with E-state index in [2.05, 4.69) is 45.1 Å². The molecule has 1 amide bonds. The van der Waals surface area contributed by atoms with Crippen molar-refractivity contribution < 1.29 is 4.79 Å². The second-order valence-corrected chi connectivity index (χ2v) is 7.96. The zero-order valence-electron chi connectivity index (χ0n) is 17.5. The van der Waals surface area contributed by atoms with Crippen molar-refractivity contribution in [2.75, 3.05) is 22.5 Å². The predicted octanol–water partition coefficient (Wildman–Crippen LogP) is 3.70. The lowest BCUT2D eigenvalue weighted by atomic mass is 10.0. The first-order valence-electron chi connectivity index (χ1n) is 10.1. The number of nitrogen functional groups attached to an aromatic ring is 1. The third kappa shape index (κ3) is 4.10. The summed E-state index contributed by atoms with van der Waals surface area (Å²) in [5, 5.41) is 2.97. The predicted molar refractivity (Wildman–Crippen MR) is 119 cm³/mol. The molecule has 0 atom stereocenters. The number of hydrogen-bond acceptors (Lipinski definition) is 6. The Morgan fingerprint density at radius 3 is 2.83 bits per heavy atom. The van der Waals surface area contributed by atoms with Gasteiger partial charge in [-0.1, -0.05) is 26.0 Å². The van der Waals surface area contributed by atoms with E-state index in [1.807, 2.05) is 31.2 Å². The Labute approximate surface area is 176 Å². The lowest BCUT2D eigenvalue weighted by Crippen LogP contribution is -2.32. The van der Waals surface area contributed by atoms with Crippen molar-refractivity contribution in [1.29, 1.82) is 0 Å². The van der Waals surface area contributed by atoms with Gasteiger partial charge in [0.2, 0.25) is 5.95 Å². The number of benzene rings is 1. The second kappa shape index (κ2) is 8.10. The number of carbonyl (C=O) groups excluding carboxylic acids is 1. The number of carbonyl (C=O) groups is 1. The molecule has 2 aromatic heterocycles. The van der Waals surface area contributed by atoms with E-state index in [9.17, 15) is 4.79 Å². The monoisotopic (exact) mass is 402 g/mol. The van der Waals surface area contributed by atoms with Crippen molar-refractivity contribution in [1.82, 2.24) is 15.0 Å². The SMILES string of the molecule is Cc1cnc(C(=O)Nc2cccc(C(C)C)c2)cc1N1CCc2nc(N)ncc2C1. The summed E-state index contributed by atoms with van der Waals surface area (Å²) in [6.45, 7) is 7.74. The van der Waals surface area contributed by atoms with E-state index < -0.39 is 0 Å². The van der Waals surface area contributed by atoms with E-state index in [0.717, 1.165) is 41.2 Å². The Bertz CT molecular complexity index is 1090. The maximum atomic E-state index is 12.9. The quantitative estimate of drug-likeness (QED) is 0.691. The van der Waals surface area contributed by atoms with E-state index >= 15 is 0 Å². The minimum atomic E-state index is -0.217. The van der Waals surface area contributed by atoms with Crippen molar-refractivity contribution in [2.45, 2.75) is 39.7 Å². The molecular weight excluding hydrogens is 376 g/mol. The number of pyridine rings is 1. The molecule has 0 fully saturated rings. The molecule has 1 aliphatic heterocycles. The van der Waals surface area contributed by atoms with Crippen molar-refractivity contribution in [3.63, 3.8) is 0 Å². The maximum Gasteiger partial charge on any atom is 0.274 e. The van der Waals surface area contributed by atoms with Crippen LogP contribution in [0.4, 0.5) is 17.3 Å². The number of rotatable bonds is 4. The van der Waals surface area contributed by atoms with Crippen LogP contribution in [0.25, 0.3) is 0 Å². The molecule has 0 aliphatic carbocycles. The van der Waals surface area contributed by atoms with Crippen LogP contribution < -0.4 is 16.0 Å². The average molecular weight is 403 g/mol. The summed E-state index contributed by atoms with van der Waals surface area (Å²) in [5.41, 5.74) is 12.1. The molecule has 7 nitrogen and oxygen atoms in total. The standard InChI is InChI=1S/C23H26N6O/c1-14(2)16-5-4-6-18(9-16)27-22(30)20-10-21(15(3)11-25-20)29-8-7-19-17(13-29)12-26-23(24)28-19/h4-6,9-12,14H,7-8,13H2,1-3H3,(H,27,30)(H2,24,26,28). The van der Waals surface area contributed by atoms with Gasteiger partial charge in [0.1, 0.15) is 5.69 Å². The summed E-state index contributed by atoms with van der Waals surface area (Å²) < 4.78 is 0. The molecule has 4 rings (SSSR count). The first kappa shape index (κ1) is 19.8. The summed E-state index contributed by atoms with van der Waals surface area (Å²) in [7, 11) is 0. The van der Waals surface area contributed by atoms with Gasteiger partial charge in [0.15, 0.2) is 0 Å². The fraction of sp³-hybridized carbons (Fsp3) is 0.304. The van der Waals surface area contributed by atoms with Crippen LogP contribution in [0.1, 0.15) is 52.6 Å². The van der Waals surface area contributed by atoms with Crippen LogP contribution in [0.5, 0.6) is 0 Å². The normalized spacial score (nSPS) is 13.3. The first-order valence-corrected chi connectivity index (χ1v) is 10.1. The summed E-state index contributed by atoms with van der Waals surface area (Å²) in [4.78, 5) is 27.9. The lowest BCUT2D eigenvalue weighted by Gasteiger charge is -2.31. The number of hydrogen-bond donors (Lipinski definition) is 2. The highest BCUT2D eigenvalue weighted by molar-refractivity contribution is 6.03. The van der Waals surface area contributed by atoms with Gasteiger partial charge in [-0.05, 0) is 42.2 Å². The number of nitrogens with two attached hydrogens (primary N) is 1. The zero-order valence-corrected chi connectivity index (χ0v) is 17.5. The van der Waals surface area contributed by atoms with Crippen LogP contribution in [0.2, 0.25) is 0 Å². The van der Waals surface area contributed by atoms with Crippen LogP contribution in [0.3, 0.4) is 0 Å². The number of nitrogens with one attached hydrogen (secondary N) is 1. The van der Waals surface area contributed by atoms with Gasteiger partial charge in [-0.3, -0.25) is 9.78 Å². The van der Waals surface area contributed by atoms with Gasteiger partial charge in [-0.2, -0.15) is 0 Å². The van der Waals surface area contributed by atoms with Gasteiger partial charge < -0.3 is 16.0 Å². The minimum Gasteiger partial charge on any atom is -0.368 e. The third-order valence-electron chi connectivity index (χ3n) is 5.41. The number of aromatic nitrogens is 3. The fourth-order valence-electron chi connectivity index (χ4n) is 3.69. The van der Waals surface area contributed by atoms with E-state index in [0.29, 0.717) is 24.1 Å². The van der Waals surface area contributed by atoms with E-state index in [-0.39, 0.29) is 5.91 Å². The molecule has 0 saturated carbocycles. The molecule has 3 heterocycles. The highest BCUT2D eigenvalue weighted by Crippen LogP contribution is 2.27. The molecule has 30 heavy (non-hydrogen) atoms. The second-order valence-electron chi connectivity index (χ2n) is 7.96. The summed E-state index contributed by atoms with van der Waals surface area (Å²) in [6.07, 6.45) is 4.33. The fourth-order valence-corrected chi connectivity index (χ4v) is 3.69. The summed E-state index contributed by atoms with van der Waals surface area (Å²) >= 11 is 0. The maximum absolute atomic E-state index is 12.9. The molecule has 1 aliphatic rings. The Morgan fingerprint density at radius 1 is 1.20 bits per heavy atom. The highest BCUT2D eigenvalue weighted by Gasteiger charge is 2.21. The topological polar surface area (TPSA) is 97.0 Å². The first-order chi connectivity index (χ1) is 14.4. The Balaban J connectivity index is 1.55. The lowest BCUT2D eigenvalue weighted by molar-refractivity contribution is 0.102. The Morgan fingerprint density at radius 2 is 2.03 bits per heavy atom. The van der Waals surface area contributed by atoms with Crippen molar-refractivity contribution in [3.8, 4) is 0 Å². The van der Waals surface area contributed by atoms with Gasteiger partial charge in [0, 0.05) is 48.8 Å². The van der Waals surface area contributed by atoms with Gasteiger partial charge in [0.25, 0.3) is 5.91 Å². The Hall–Kier alpha value is -3.48. The molecule has 0 bridgehead atoms. The van der Waals surface area contributed by atoms with E-state index in [1.54, 1.807) is 12.4 Å². The van der Waals surface area contributed by atoms with Crippen LogP contribution in [0.15, 0.2) is 42.7 Å². The van der Waals surface area contributed by atoms with Gasteiger partial charge in [-0.25, -0.2) is 9.97 Å². The molecule has 0 unspecified atom stereocenters. The van der Waals surface area contributed by atoms with E-state index in [4.69, 9.17) is 5.73 Å². The molecule has 1 aromatic carbocycles. The van der Waals surface area contributed by atoms with Crippen LogP contribution in [-0.4, -0.2) is 27.4 Å². The smallest absolute Gasteiger partial charge is 0.274 e. The minimum absolute atomic E-state index is 0.217. The molecular formula is C23H26N6O. The third-order valence-corrected chi connectivity index (χ3v) is 5.41.